The Morgan fingerprint density at radius 1 is 1.17 bits per heavy atom. The zero-order valence-corrected chi connectivity index (χ0v) is 15.5. The molecule has 2 rings (SSSR count). The van der Waals surface area contributed by atoms with E-state index in [0.717, 1.165) is 16.1 Å². The molecular weight excluding hydrogens is 348 g/mol. The molecule has 0 aliphatic rings. The van der Waals surface area contributed by atoms with E-state index < -0.39 is 10.0 Å². The fourth-order valence-electron chi connectivity index (χ4n) is 2.35. The third-order valence-corrected chi connectivity index (χ3v) is 5.25. The van der Waals surface area contributed by atoms with Crippen LogP contribution in [0, 0.1) is 13.8 Å². The highest BCUT2D eigenvalue weighted by molar-refractivity contribution is 7.92. The average molecular weight is 367 g/mol. The Hall–Kier alpha value is -2.05. The molecule has 0 heterocycles. The summed E-state index contributed by atoms with van der Waals surface area (Å²) in [5.41, 5.74) is 2.98. The lowest BCUT2D eigenvalue weighted by atomic mass is 10.1. The quantitative estimate of drug-likeness (QED) is 0.898. The molecule has 0 fully saturated rings. The van der Waals surface area contributed by atoms with Gasteiger partial charge in [-0.05, 0) is 55.3 Å². The summed E-state index contributed by atoms with van der Waals surface area (Å²) >= 11 is 5.92. The van der Waals surface area contributed by atoms with E-state index in [9.17, 15) is 13.2 Å². The molecule has 7 heteroatoms. The zero-order valence-electron chi connectivity index (χ0n) is 13.9. The molecule has 0 radical (unpaired) electrons. The maximum atomic E-state index is 12.6. The molecule has 5 nitrogen and oxygen atoms in total. The van der Waals surface area contributed by atoms with E-state index in [-0.39, 0.29) is 5.91 Å². The van der Waals surface area contributed by atoms with Gasteiger partial charge in [0.25, 0.3) is 5.91 Å². The Morgan fingerprint density at radius 3 is 2.42 bits per heavy atom. The molecule has 0 aromatic heterocycles. The monoisotopic (exact) mass is 366 g/mol. The van der Waals surface area contributed by atoms with Crippen molar-refractivity contribution in [1.82, 2.24) is 0 Å². The summed E-state index contributed by atoms with van der Waals surface area (Å²) in [7, 11) is -1.94. The van der Waals surface area contributed by atoms with Gasteiger partial charge < -0.3 is 5.32 Å². The summed E-state index contributed by atoms with van der Waals surface area (Å²) in [4.78, 5) is 12.6. The molecule has 1 amide bonds. The molecule has 24 heavy (non-hydrogen) atoms. The number of carbonyl (C=O) groups is 1. The minimum absolute atomic E-state index is 0.304. The van der Waals surface area contributed by atoms with Crippen molar-refractivity contribution in [3.63, 3.8) is 0 Å². The second-order valence-electron chi connectivity index (χ2n) is 5.59. The number of halogens is 1. The van der Waals surface area contributed by atoms with Gasteiger partial charge in [-0.3, -0.25) is 9.10 Å². The minimum Gasteiger partial charge on any atom is -0.322 e. The number of hydrogen-bond donors (Lipinski definition) is 1. The van der Waals surface area contributed by atoms with Gasteiger partial charge in [-0.25, -0.2) is 8.42 Å². The van der Waals surface area contributed by atoms with Crippen molar-refractivity contribution in [1.29, 1.82) is 0 Å². The Balaban J connectivity index is 2.37. The first kappa shape index (κ1) is 18.3. The molecule has 0 atom stereocenters. The number of benzene rings is 2. The highest BCUT2D eigenvalue weighted by Gasteiger charge is 2.18. The summed E-state index contributed by atoms with van der Waals surface area (Å²) in [5.74, 6) is -0.304. The molecule has 0 saturated heterocycles. The van der Waals surface area contributed by atoms with E-state index in [4.69, 9.17) is 11.6 Å². The lowest BCUT2D eigenvalue weighted by Gasteiger charge is -2.20. The van der Waals surface area contributed by atoms with Crippen LogP contribution in [0.15, 0.2) is 36.4 Å². The SMILES string of the molecule is Cc1cc(Cl)ccc1NC(=O)c1cccc(N(C)S(C)(=O)=O)c1C. The van der Waals surface area contributed by atoms with Crippen molar-refractivity contribution in [2.45, 2.75) is 13.8 Å². The molecule has 128 valence electrons. The largest absolute Gasteiger partial charge is 0.322 e. The molecule has 0 aliphatic heterocycles. The Labute approximate surface area is 147 Å². The molecular formula is C17H19ClN2O3S. The maximum absolute atomic E-state index is 12.6. The summed E-state index contributed by atoms with van der Waals surface area (Å²) < 4.78 is 24.7. The molecule has 0 spiro atoms. The van der Waals surface area contributed by atoms with Crippen LogP contribution in [0.3, 0.4) is 0 Å². The molecule has 0 saturated carbocycles. The van der Waals surface area contributed by atoms with Crippen LogP contribution in [0.2, 0.25) is 5.02 Å². The van der Waals surface area contributed by atoms with Gasteiger partial charge in [-0.1, -0.05) is 17.7 Å². The van der Waals surface area contributed by atoms with E-state index in [1.165, 1.54) is 7.05 Å². The third-order valence-electron chi connectivity index (χ3n) is 3.82. The van der Waals surface area contributed by atoms with Crippen LogP contribution in [-0.2, 0) is 10.0 Å². The molecule has 0 unspecified atom stereocenters. The Bertz CT molecular complexity index is 895. The van der Waals surface area contributed by atoms with Crippen molar-refractivity contribution < 1.29 is 13.2 Å². The number of carbonyl (C=O) groups excluding carboxylic acids is 1. The second-order valence-corrected chi connectivity index (χ2v) is 8.04. The van der Waals surface area contributed by atoms with Crippen LogP contribution >= 0.6 is 11.6 Å². The van der Waals surface area contributed by atoms with Gasteiger partial charge in [-0.15, -0.1) is 0 Å². The van der Waals surface area contributed by atoms with E-state index in [0.29, 0.717) is 27.5 Å². The molecule has 2 aromatic rings. The number of amides is 1. The predicted molar refractivity (Wildman–Crippen MR) is 98.6 cm³/mol. The van der Waals surface area contributed by atoms with Gasteiger partial charge in [0, 0.05) is 23.3 Å². The highest BCUT2D eigenvalue weighted by atomic mass is 35.5. The van der Waals surface area contributed by atoms with Gasteiger partial charge in [0.1, 0.15) is 0 Å². The lowest BCUT2D eigenvalue weighted by molar-refractivity contribution is 0.102. The fourth-order valence-corrected chi connectivity index (χ4v) is 3.13. The van der Waals surface area contributed by atoms with E-state index in [1.807, 2.05) is 6.92 Å². The average Bonchev–Trinajstić information content (AvgIpc) is 2.48. The van der Waals surface area contributed by atoms with Gasteiger partial charge in [0.05, 0.1) is 11.9 Å². The first-order valence-corrected chi connectivity index (χ1v) is 9.45. The lowest BCUT2D eigenvalue weighted by Crippen LogP contribution is -2.26. The highest BCUT2D eigenvalue weighted by Crippen LogP contribution is 2.26. The zero-order chi connectivity index (χ0) is 18.1. The van der Waals surface area contributed by atoms with Crippen molar-refractivity contribution >= 4 is 38.9 Å². The minimum atomic E-state index is -3.40. The Kier molecular flexibility index (Phi) is 5.20. The van der Waals surface area contributed by atoms with E-state index in [1.54, 1.807) is 43.3 Å². The molecule has 2 aromatic carbocycles. The number of hydrogen-bond acceptors (Lipinski definition) is 3. The van der Waals surface area contributed by atoms with Crippen molar-refractivity contribution in [3.8, 4) is 0 Å². The van der Waals surface area contributed by atoms with Crippen LogP contribution in [0.4, 0.5) is 11.4 Å². The fraction of sp³-hybridized carbons (Fsp3) is 0.235. The van der Waals surface area contributed by atoms with Crippen LogP contribution in [0.25, 0.3) is 0 Å². The van der Waals surface area contributed by atoms with Crippen molar-refractivity contribution in [2.24, 2.45) is 0 Å². The number of aryl methyl sites for hydroxylation is 1. The summed E-state index contributed by atoms with van der Waals surface area (Å²) in [5, 5.41) is 3.43. The van der Waals surface area contributed by atoms with Gasteiger partial charge in [0.15, 0.2) is 0 Å². The summed E-state index contributed by atoms with van der Waals surface area (Å²) in [6.07, 6.45) is 1.12. The first-order chi connectivity index (χ1) is 11.1. The Morgan fingerprint density at radius 2 is 1.83 bits per heavy atom. The number of nitrogens with one attached hydrogen (secondary N) is 1. The summed E-state index contributed by atoms with van der Waals surface area (Å²) in [6, 6.07) is 10.2. The number of anilines is 2. The van der Waals surface area contributed by atoms with Crippen LogP contribution in [0.5, 0.6) is 0 Å². The maximum Gasteiger partial charge on any atom is 0.256 e. The smallest absolute Gasteiger partial charge is 0.256 e. The van der Waals surface area contributed by atoms with Crippen molar-refractivity contribution in [3.05, 3.63) is 58.1 Å². The topological polar surface area (TPSA) is 66.5 Å². The van der Waals surface area contributed by atoms with Crippen LogP contribution < -0.4 is 9.62 Å². The number of rotatable bonds is 4. The normalized spacial score (nSPS) is 11.2. The van der Waals surface area contributed by atoms with Crippen molar-refractivity contribution in [2.75, 3.05) is 22.9 Å². The molecule has 0 bridgehead atoms. The van der Waals surface area contributed by atoms with Crippen LogP contribution in [0.1, 0.15) is 21.5 Å². The number of sulfonamides is 1. The molecule has 1 N–H and O–H groups in total. The molecule has 0 aliphatic carbocycles. The first-order valence-electron chi connectivity index (χ1n) is 7.22. The van der Waals surface area contributed by atoms with Gasteiger partial charge in [0.2, 0.25) is 10.0 Å². The van der Waals surface area contributed by atoms with Gasteiger partial charge in [-0.2, -0.15) is 0 Å². The second kappa shape index (κ2) is 6.83. The van der Waals surface area contributed by atoms with Gasteiger partial charge >= 0.3 is 0 Å². The van der Waals surface area contributed by atoms with Crippen LogP contribution in [-0.4, -0.2) is 27.6 Å². The third kappa shape index (κ3) is 3.88. The predicted octanol–water partition coefficient (Wildman–Crippen LogP) is 3.60. The van der Waals surface area contributed by atoms with E-state index >= 15 is 0 Å². The summed E-state index contributed by atoms with van der Waals surface area (Å²) in [6.45, 7) is 3.57. The standard InChI is InChI=1S/C17H19ClN2O3S/c1-11-10-13(18)8-9-15(11)19-17(21)14-6-5-7-16(12(14)2)20(3)24(4,22)23/h5-10H,1-4H3,(H,19,21). The van der Waals surface area contributed by atoms with E-state index in [2.05, 4.69) is 5.32 Å². The number of nitrogens with zero attached hydrogens (tertiary/aromatic N) is 1.